The summed E-state index contributed by atoms with van der Waals surface area (Å²) < 4.78 is 5.47. The lowest BCUT2D eigenvalue weighted by Gasteiger charge is -2.43. The third-order valence-corrected chi connectivity index (χ3v) is 4.87. The first-order valence-corrected chi connectivity index (χ1v) is 8.38. The minimum Gasteiger partial charge on any atom is -0.496 e. The predicted octanol–water partition coefficient (Wildman–Crippen LogP) is 3.67. The van der Waals surface area contributed by atoms with Crippen LogP contribution < -0.4 is 15.4 Å². The van der Waals surface area contributed by atoms with E-state index in [0.717, 1.165) is 25.3 Å². The summed E-state index contributed by atoms with van der Waals surface area (Å²) in [5.74, 6) is 0.948. The Morgan fingerprint density at radius 2 is 1.87 bits per heavy atom. The molecule has 0 radical (unpaired) electrons. The van der Waals surface area contributed by atoms with E-state index in [2.05, 4.69) is 60.0 Å². The molecule has 0 saturated carbocycles. The first-order chi connectivity index (χ1) is 11.2. The van der Waals surface area contributed by atoms with E-state index in [-0.39, 0.29) is 5.54 Å². The zero-order valence-electron chi connectivity index (χ0n) is 14.0. The molecule has 1 aliphatic rings. The second-order valence-corrected chi connectivity index (χ2v) is 6.48. The lowest BCUT2D eigenvalue weighted by atomic mass is 9.80. The summed E-state index contributed by atoms with van der Waals surface area (Å²) in [7, 11) is 1.73. The number of piperidine rings is 1. The predicted molar refractivity (Wildman–Crippen MR) is 94.7 cm³/mol. The van der Waals surface area contributed by atoms with E-state index >= 15 is 0 Å². The fraction of sp³-hybridized carbons (Fsp3) is 0.400. The highest BCUT2D eigenvalue weighted by Gasteiger charge is 2.36. The number of para-hydroxylation sites is 1. The third kappa shape index (κ3) is 3.57. The monoisotopic (exact) mass is 310 g/mol. The van der Waals surface area contributed by atoms with E-state index in [9.17, 15) is 0 Å². The molecule has 2 N–H and O–H groups in total. The normalized spacial score (nSPS) is 24.3. The van der Waals surface area contributed by atoms with E-state index in [1.54, 1.807) is 7.11 Å². The quantitative estimate of drug-likeness (QED) is 0.884. The summed E-state index contributed by atoms with van der Waals surface area (Å²) in [4.78, 5) is 0. The van der Waals surface area contributed by atoms with Crippen molar-refractivity contribution in [3.63, 3.8) is 0 Å². The summed E-state index contributed by atoms with van der Waals surface area (Å²) in [5.41, 5.74) is 2.58. The molecule has 0 spiro atoms. The van der Waals surface area contributed by atoms with Crippen LogP contribution in [0, 0.1) is 0 Å². The molecule has 2 atom stereocenters. The van der Waals surface area contributed by atoms with E-state index in [1.165, 1.54) is 17.5 Å². The van der Waals surface area contributed by atoms with Crippen molar-refractivity contribution < 1.29 is 4.74 Å². The van der Waals surface area contributed by atoms with Gasteiger partial charge in [-0.3, -0.25) is 0 Å². The maximum absolute atomic E-state index is 5.47. The maximum atomic E-state index is 5.47. The summed E-state index contributed by atoms with van der Waals surface area (Å²) in [6.45, 7) is 4.21. The van der Waals surface area contributed by atoms with Crippen molar-refractivity contribution in [2.45, 2.75) is 37.9 Å². The number of hydrogen-bond acceptors (Lipinski definition) is 3. The summed E-state index contributed by atoms with van der Waals surface area (Å²) in [6, 6.07) is 19.3. The van der Waals surface area contributed by atoms with Crippen molar-refractivity contribution in [2.75, 3.05) is 13.7 Å². The number of methoxy groups -OCH3 is 1. The van der Waals surface area contributed by atoms with Gasteiger partial charge in [0.2, 0.25) is 0 Å². The van der Waals surface area contributed by atoms with Gasteiger partial charge in [0.15, 0.2) is 0 Å². The Morgan fingerprint density at radius 3 is 2.65 bits per heavy atom. The first-order valence-electron chi connectivity index (χ1n) is 8.38. The van der Waals surface area contributed by atoms with Gasteiger partial charge in [0.05, 0.1) is 13.2 Å². The molecule has 1 heterocycles. The van der Waals surface area contributed by atoms with Gasteiger partial charge < -0.3 is 15.4 Å². The van der Waals surface area contributed by atoms with Gasteiger partial charge in [-0.1, -0.05) is 48.5 Å². The molecule has 23 heavy (non-hydrogen) atoms. The smallest absolute Gasteiger partial charge is 0.123 e. The highest BCUT2D eigenvalue weighted by atomic mass is 16.5. The Labute approximate surface area is 139 Å². The Hall–Kier alpha value is -1.84. The summed E-state index contributed by atoms with van der Waals surface area (Å²) >= 11 is 0. The fourth-order valence-corrected chi connectivity index (χ4v) is 3.54. The number of nitrogens with one attached hydrogen (secondary N) is 2. The molecule has 0 aromatic heterocycles. The Balaban J connectivity index is 1.78. The molecular formula is C20H26N2O. The van der Waals surface area contributed by atoms with E-state index in [4.69, 9.17) is 4.74 Å². The molecule has 122 valence electrons. The largest absolute Gasteiger partial charge is 0.496 e. The van der Waals surface area contributed by atoms with Gasteiger partial charge in [0.1, 0.15) is 5.75 Å². The van der Waals surface area contributed by atoms with Crippen LogP contribution in [0.2, 0.25) is 0 Å². The van der Waals surface area contributed by atoms with Crippen LogP contribution in [0.25, 0.3) is 0 Å². The average molecular weight is 310 g/mol. The molecule has 0 bridgehead atoms. The van der Waals surface area contributed by atoms with E-state index in [0.29, 0.717) is 6.04 Å². The third-order valence-electron chi connectivity index (χ3n) is 4.87. The molecule has 2 aromatic carbocycles. The van der Waals surface area contributed by atoms with Crippen LogP contribution in [0.4, 0.5) is 0 Å². The van der Waals surface area contributed by atoms with Crippen molar-refractivity contribution in [3.05, 3.63) is 65.7 Å². The van der Waals surface area contributed by atoms with Gasteiger partial charge in [0, 0.05) is 17.6 Å². The lowest BCUT2D eigenvalue weighted by Crippen LogP contribution is -2.55. The van der Waals surface area contributed by atoms with Crippen molar-refractivity contribution in [3.8, 4) is 5.75 Å². The second-order valence-electron chi connectivity index (χ2n) is 6.48. The van der Waals surface area contributed by atoms with Crippen LogP contribution in [0.15, 0.2) is 54.6 Å². The topological polar surface area (TPSA) is 33.3 Å². The molecule has 0 amide bonds. The average Bonchev–Trinajstić information content (AvgIpc) is 2.61. The molecule has 0 unspecified atom stereocenters. The van der Waals surface area contributed by atoms with Crippen molar-refractivity contribution in [1.82, 2.24) is 10.6 Å². The SMILES string of the molecule is COc1ccccc1CN[C@@]1(C)CCCN[C@@H]1c1ccccc1. The maximum Gasteiger partial charge on any atom is 0.123 e. The molecule has 2 aromatic rings. The van der Waals surface area contributed by atoms with Gasteiger partial charge in [-0.2, -0.15) is 0 Å². The standard InChI is InChI=1S/C20H26N2O/c1-20(22-15-17-11-6-7-12-18(17)23-2)13-8-14-21-19(20)16-9-4-3-5-10-16/h3-7,9-12,19,21-22H,8,13-15H2,1-2H3/t19-,20+/m1/s1. The van der Waals surface area contributed by atoms with Crippen LogP contribution >= 0.6 is 0 Å². The van der Waals surface area contributed by atoms with E-state index < -0.39 is 0 Å². The number of ether oxygens (including phenoxy) is 1. The zero-order valence-corrected chi connectivity index (χ0v) is 14.0. The number of benzene rings is 2. The summed E-state index contributed by atoms with van der Waals surface area (Å²) in [5, 5.41) is 7.49. The van der Waals surface area contributed by atoms with Crippen LogP contribution in [0.5, 0.6) is 5.75 Å². The van der Waals surface area contributed by atoms with Crippen molar-refractivity contribution >= 4 is 0 Å². The van der Waals surface area contributed by atoms with Crippen LogP contribution in [0.3, 0.4) is 0 Å². The first kappa shape index (κ1) is 16.0. The van der Waals surface area contributed by atoms with Crippen LogP contribution in [0.1, 0.15) is 36.9 Å². The van der Waals surface area contributed by atoms with Crippen LogP contribution in [-0.2, 0) is 6.54 Å². The van der Waals surface area contributed by atoms with Gasteiger partial charge in [-0.15, -0.1) is 0 Å². The molecule has 3 heteroatoms. The van der Waals surface area contributed by atoms with Gasteiger partial charge in [0.25, 0.3) is 0 Å². The van der Waals surface area contributed by atoms with Gasteiger partial charge >= 0.3 is 0 Å². The van der Waals surface area contributed by atoms with E-state index in [1.807, 2.05) is 12.1 Å². The molecule has 0 aliphatic carbocycles. The molecular weight excluding hydrogens is 284 g/mol. The minimum atomic E-state index is 0.0282. The molecule has 1 saturated heterocycles. The number of rotatable bonds is 5. The molecule has 3 nitrogen and oxygen atoms in total. The molecule has 1 fully saturated rings. The lowest BCUT2D eigenvalue weighted by molar-refractivity contribution is 0.196. The minimum absolute atomic E-state index is 0.0282. The fourth-order valence-electron chi connectivity index (χ4n) is 3.54. The zero-order chi connectivity index (χ0) is 16.1. The Morgan fingerprint density at radius 1 is 1.13 bits per heavy atom. The van der Waals surface area contributed by atoms with Gasteiger partial charge in [-0.05, 0) is 37.9 Å². The van der Waals surface area contributed by atoms with Crippen molar-refractivity contribution in [2.24, 2.45) is 0 Å². The van der Waals surface area contributed by atoms with Gasteiger partial charge in [-0.25, -0.2) is 0 Å². The summed E-state index contributed by atoms with van der Waals surface area (Å²) in [6.07, 6.45) is 2.35. The Bertz CT molecular complexity index is 629. The second kappa shape index (κ2) is 7.16. The molecule has 1 aliphatic heterocycles. The molecule has 3 rings (SSSR count). The Kier molecular flexibility index (Phi) is 4.99. The van der Waals surface area contributed by atoms with Crippen molar-refractivity contribution in [1.29, 1.82) is 0 Å². The highest BCUT2D eigenvalue weighted by Crippen LogP contribution is 2.33. The highest BCUT2D eigenvalue weighted by molar-refractivity contribution is 5.33. The van der Waals surface area contributed by atoms with Crippen LogP contribution in [-0.4, -0.2) is 19.2 Å². The number of hydrogen-bond donors (Lipinski definition) is 2.